The summed E-state index contributed by atoms with van der Waals surface area (Å²) in [5.41, 5.74) is 1.57. The minimum atomic E-state index is -0.130. The molecule has 0 saturated carbocycles. The van der Waals surface area contributed by atoms with E-state index in [9.17, 15) is 4.79 Å². The number of aromatic nitrogens is 1. The van der Waals surface area contributed by atoms with Gasteiger partial charge in [0.2, 0.25) is 5.75 Å². The summed E-state index contributed by atoms with van der Waals surface area (Å²) >= 11 is 1.54. The summed E-state index contributed by atoms with van der Waals surface area (Å²) in [6.45, 7) is 8.22. The Morgan fingerprint density at radius 2 is 1.80 bits per heavy atom. The Morgan fingerprint density at radius 3 is 2.40 bits per heavy atom. The molecule has 1 aromatic heterocycles. The number of amidine groups is 1. The fourth-order valence-electron chi connectivity index (χ4n) is 3.04. The highest BCUT2D eigenvalue weighted by molar-refractivity contribution is 8.13. The van der Waals surface area contributed by atoms with Crippen molar-refractivity contribution in [1.82, 2.24) is 9.88 Å². The van der Waals surface area contributed by atoms with Crippen LogP contribution in [0.15, 0.2) is 41.7 Å². The zero-order valence-corrected chi connectivity index (χ0v) is 18.4. The predicted octanol–water partition coefficient (Wildman–Crippen LogP) is 4.02. The molecule has 0 spiro atoms. The van der Waals surface area contributed by atoms with Gasteiger partial charge in [0.05, 0.1) is 26.4 Å². The Hall–Kier alpha value is -2.74. The van der Waals surface area contributed by atoms with Crippen molar-refractivity contribution in [3.8, 4) is 17.2 Å². The topological polar surface area (TPSA) is 73.2 Å². The van der Waals surface area contributed by atoms with Crippen LogP contribution in [0.2, 0.25) is 0 Å². The van der Waals surface area contributed by atoms with Gasteiger partial charge in [-0.25, -0.2) is 0 Å². The second kappa shape index (κ2) is 10.9. The Morgan fingerprint density at radius 1 is 1.10 bits per heavy atom. The van der Waals surface area contributed by atoms with E-state index in [1.807, 2.05) is 39.1 Å². The van der Waals surface area contributed by atoms with Crippen molar-refractivity contribution in [2.75, 3.05) is 32.9 Å². The molecular weight excluding hydrogens is 402 g/mol. The largest absolute Gasteiger partial charge is 0.490 e. The predicted molar refractivity (Wildman–Crippen MR) is 119 cm³/mol. The highest BCUT2D eigenvalue weighted by Crippen LogP contribution is 2.39. The van der Waals surface area contributed by atoms with Crippen molar-refractivity contribution in [3.63, 3.8) is 0 Å². The van der Waals surface area contributed by atoms with Gasteiger partial charge in [-0.2, -0.15) is 0 Å². The van der Waals surface area contributed by atoms with Gasteiger partial charge in [0.25, 0.3) is 5.91 Å². The summed E-state index contributed by atoms with van der Waals surface area (Å²) in [6, 6.07) is 7.36. The molecule has 1 aliphatic rings. The first-order valence-electron chi connectivity index (χ1n) is 10.1. The highest BCUT2D eigenvalue weighted by atomic mass is 32.2. The summed E-state index contributed by atoms with van der Waals surface area (Å²) < 4.78 is 17.2. The van der Waals surface area contributed by atoms with Crippen LogP contribution in [-0.2, 0) is 5.75 Å². The standard InChI is InChI=1S/C22H27N3O4S/c1-4-27-18-12-17(13-19(28-5-2)20(18)29-6-3)21(26)25-11-10-24-22(25)30-15-16-8-7-9-23-14-16/h7-9,12-14H,4-6,10-11,15H2,1-3H3. The smallest absolute Gasteiger partial charge is 0.260 e. The van der Waals surface area contributed by atoms with Crippen LogP contribution in [0.25, 0.3) is 0 Å². The molecule has 30 heavy (non-hydrogen) atoms. The number of rotatable bonds is 9. The number of amides is 1. The van der Waals surface area contributed by atoms with Crippen molar-refractivity contribution in [2.45, 2.75) is 26.5 Å². The number of aliphatic imine (C=N–C) groups is 1. The Bertz CT molecular complexity index is 862. The van der Waals surface area contributed by atoms with Crippen LogP contribution < -0.4 is 14.2 Å². The second-order valence-corrected chi connectivity index (χ2v) is 7.31. The molecule has 0 radical (unpaired) electrons. The van der Waals surface area contributed by atoms with Gasteiger partial charge in [-0.3, -0.25) is 19.7 Å². The van der Waals surface area contributed by atoms with Crippen LogP contribution in [-0.4, -0.2) is 53.9 Å². The van der Waals surface area contributed by atoms with E-state index in [0.717, 1.165) is 5.56 Å². The molecule has 2 aromatic rings. The van der Waals surface area contributed by atoms with Gasteiger partial charge in [-0.05, 0) is 44.5 Å². The first-order valence-corrected chi connectivity index (χ1v) is 11.1. The van der Waals surface area contributed by atoms with Gasteiger partial charge in [0, 0.05) is 30.3 Å². The van der Waals surface area contributed by atoms with Crippen LogP contribution in [0.5, 0.6) is 17.2 Å². The average molecular weight is 430 g/mol. The van der Waals surface area contributed by atoms with Gasteiger partial charge in [-0.1, -0.05) is 17.8 Å². The zero-order chi connectivity index (χ0) is 21.3. The number of hydrogen-bond donors (Lipinski definition) is 0. The fourth-order valence-corrected chi connectivity index (χ4v) is 4.02. The molecule has 0 saturated heterocycles. The number of nitrogens with zero attached hydrogens (tertiary/aromatic N) is 3. The molecule has 160 valence electrons. The maximum atomic E-state index is 13.3. The summed E-state index contributed by atoms with van der Waals surface area (Å²) in [7, 11) is 0. The number of pyridine rings is 1. The van der Waals surface area contributed by atoms with E-state index >= 15 is 0 Å². The molecule has 8 heteroatoms. The van der Waals surface area contributed by atoms with Crippen LogP contribution >= 0.6 is 11.8 Å². The molecule has 7 nitrogen and oxygen atoms in total. The summed E-state index contributed by atoms with van der Waals surface area (Å²) in [5, 5.41) is 0.716. The van der Waals surface area contributed by atoms with E-state index in [1.54, 1.807) is 23.2 Å². The van der Waals surface area contributed by atoms with Crippen LogP contribution in [0.3, 0.4) is 0 Å². The third-order valence-corrected chi connectivity index (χ3v) is 5.38. The Balaban J connectivity index is 1.83. The van der Waals surface area contributed by atoms with Crippen molar-refractivity contribution < 1.29 is 19.0 Å². The maximum Gasteiger partial charge on any atom is 0.260 e. The molecule has 0 aliphatic carbocycles. The molecule has 1 aromatic carbocycles. The highest BCUT2D eigenvalue weighted by Gasteiger charge is 2.27. The first-order chi connectivity index (χ1) is 14.7. The van der Waals surface area contributed by atoms with Gasteiger partial charge < -0.3 is 14.2 Å². The monoisotopic (exact) mass is 429 g/mol. The molecule has 0 fully saturated rings. The number of thioether (sulfide) groups is 1. The molecule has 3 rings (SSSR count). The quantitative estimate of drug-likeness (QED) is 0.599. The van der Waals surface area contributed by atoms with E-state index in [4.69, 9.17) is 14.2 Å². The van der Waals surface area contributed by atoms with Gasteiger partial charge in [0.15, 0.2) is 16.7 Å². The lowest BCUT2D eigenvalue weighted by Gasteiger charge is -2.21. The molecule has 0 atom stereocenters. The van der Waals surface area contributed by atoms with E-state index in [2.05, 4.69) is 9.98 Å². The summed E-state index contributed by atoms with van der Waals surface area (Å²) in [4.78, 5) is 23.7. The molecule has 0 N–H and O–H groups in total. The number of carbonyl (C=O) groups excluding carboxylic acids is 1. The molecule has 1 amide bonds. The lowest BCUT2D eigenvalue weighted by molar-refractivity contribution is 0.0859. The SMILES string of the molecule is CCOc1cc(C(=O)N2CCN=C2SCc2cccnc2)cc(OCC)c1OCC. The number of ether oxygens (including phenoxy) is 3. The summed E-state index contributed by atoms with van der Waals surface area (Å²) in [6.07, 6.45) is 3.57. The minimum absolute atomic E-state index is 0.130. The lowest BCUT2D eigenvalue weighted by atomic mass is 10.1. The van der Waals surface area contributed by atoms with Crippen molar-refractivity contribution in [3.05, 3.63) is 47.8 Å². The molecule has 1 aliphatic heterocycles. The van der Waals surface area contributed by atoms with Crippen LogP contribution in [0, 0.1) is 0 Å². The van der Waals surface area contributed by atoms with E-state index < -0.39 is 0 Å². The van der Waals surface area contributed by atoms with Crippen molar-refractivity contribution >= 4 is 22.8 Å². The Kier molecular flexibility index (Phi) is 7.96. The Labute approximate surface area is 181 Å². The average Bonchev–Trinajstić information content (AvgIpc) is 3.23. The third kappa shape index (κ3) is 5.24. The van der Waals surface area contributed by atoms with Crippen molar-refractivity contribution in [2.24, 2.45) is 4.99 Å². The number of hydrogen-bond acceptors (Lipinski definition) is 7. The van der Waals surface area contributed by atoms with Gasteiger partial charge in [0.1, 0.15) is 0 Å². The van der Waals surface area contributed by atoms with E-state index in [-0.39, 0.29) is 5.91 Å². The molecule has 2 heterocycles. The molecule has 0 bridgehead atoms. The normalized spacial score (nSPS) is 13.2. The lowest BCUT2D eigenvalue weighted by Crippen LogP contribution is -2.33. The van der Waals surface area contributed by atoms with Crippen LogP contribution in [0.1, 0.15) is 36.7 Å². The molecule has 0 unspecified atom stereocenters. The fraction of sp³-hybridized carbons (Fsp3) is 0.409. The van der Waals surface area contributed by atoms with Crippen molar-refractivity contribution in [1.29, 1.82) is 0 Å². The minimum Gasteiger partial charge on any atom is -0.490 e. The van der Waals surface area contributed by atoms with Crippen LogP contribution in [0.4, 0.5) is 0 Å². The second-order valence-electron chi connectivity index (χ2n) is 6.37. The maximum absolute atomic E-state index is 13.3. The van der Waals surface area contributed by atoms with E-state index in [0.29, 0.717) is 66.6 Å². The number of benzene rings is 1. The van der Waals surface area contributed by atoms with Gasteiger partial charge in [-0.15, -0.1) is 0 Å². The molecular formula is C22H27N3O4S. The summed E-state index contributed by atoms with van der Waals surface area (Å²) in [5.74, 6) is 2.12. The van der Waals surface area contributed by atoms with E-state index in [1.165, 1.54) is 11.8 Å². The third-order valence-electron chi connectivity index (χ3n) is 4.29. The number of carbonyl (C=O) groups is 1. The van der Waals surface area contributed by atoms with Gasteiger partial charge >= 0.3 is 0 Å². The first kappa shape index (κ1) is 22.0. The zero-order valence-electron chi connectivity index (χ0n) is 17.6.